The van der Waals surface area contributed by atoms with E-state index in [1.165, 1.54) is 43.9 Å². The highest BCUT2D eigenvalue weighted by atomic mass is 32.1. The first-order valence-corrected chi connectivity index (χ1v) is 6.75. The number of thiocyanates is 1. The van der Waals surface area contributed by atoms with E-state index in [0.29, 0.717) is 6.04 Å². The smallest absolute Gasteiger partial charge is 0.241 e. The first-order chi connectivity index (χ1) is 8.29. The summed E-state index contributed by atoms with van der Waals surface area (Å²) in [7, 11) is 0. The lowest BCUT2D eigenvalue weighted by Crippen LogP contribution is -2.36. The number of unbranched alkanes of at least 4 members (excludes halogenated alkanes) is 2. The van der Waals surface area contributed by atoms with E-state index in [1.807, 2.05) is 6.20 Å². The minimum absolute atomic E-state index is 0.706. The second kappa shape index (κ2) is 11.4. The van der Waals surface area contributed by atoms with E-state index in [2.05, 4.69) is 48.6 Å². The van der Waals surface area contributed by atoms with Crippen LogP contribution in [0.1, 0.15) is 58.4 Å². The average Bonchev–Trinajstić information content (AvgIpc) is 2.83. The fourth-order valence-corrected chi connectivity index (χ4v) is 1.93. The van der Waals surface area contributed by atoms with Gasteiger partial charge in [0.1, 0.15) is 18.4 Å². The molecular formula is C13H23N3S. The monoisotopic (exact) mass is 253 g/mol. The maximum absolute atomic E-state index is 7.13. The van der Waals surface area contributed by atoms with Crippen molar-refractivity contribution in [2.75, 3.05) is 0 Å². The first kappa shape index (κ1) is 15.9. The van der Waals surface area contributed by atoms with Crippen LogP contribution in [0.3, 0.4) is 0 Å². The van der Waals surface area contributed by atoms with E-state index in [4.69, 9.17) is 5.26 Å². The molecule has 1 heterocycles. The van der Waals surface area contributed by atoms with Crippen LogP contribution < -0.4 is 4.57 Å². The van der Waals surface area contributed by atoms with Crippen LogP contribution in [-0.2, 0) is 12.6 Å². The molecule has 4 heteroatoms. The lowest BCUT2D eigenvalue weighted by atomic mass is 10.0. The van der Waals surface area contributed by atoms with E-state index in [-0.39, 0.29) is 0 Å². The molecule has 0 aliphatic rings. The molecule has 0 aromatic carbocycles. The number of aromatic nitrogens is 2. The van der Waals surface area contributed by atoms with Crippen molar-refractivity contribution in [1.29, 1.82) is 5.26 Å². The fourth-order valence-electron chi connectivity index (χ4n) is 1.93. The Morgan fingerprint density at radius 3 is 2.47 bits per heavy atom. The van der Waals surface area contributed by atoms with E-state index in [0.717, 1.165) is 0 Å². The van der Waals surface area contributed by atoms with Crippen molar-refractivity contribution < 1.29 is 4.57 Å². The van der Waals surface area contributed by atoms with Crippen molar-refractivity contribution in [2.24, 2.45) is 0 Å². The number of imidazole rings is 1. The molecular weight excluding hydrogens is 230 g/mol. The normalized spacial score (nSPS) is 11.1. The number of nitriles is 1. The lowest BCUT2D eigenvalue weighted by molar-refractivity contribution is -0.723. The Morgan fingerprint density at radius 1 is 1.29 bits per heavy atom. The summed E-state index contributed by atoms with van der Waals surface area (Å²) < 4.78 is 2.32. The summed E-state index contributed by atoms with van der Waals surface area (Å²) in [5.41, 5.74) is 0. The number of hydrogen-bond acceptors (Lipinski definition) is 2. The standard InChI is InChI=1S/C12H22N2.CHNS/c1-3-5-6-8-12(7-4-2)14-10-9-13-11-14;2-1-3/h9-12H,3-8H2,1-2H3;3H. The van der Waals surface area contributed by atoms with Gasteiger partial charge in [0.2, 0.25) is 6.33 Å². The zero-order chi connectivity index (χ0) is 12.9. The number of rotatable bonds is 7. The third kappa shape index (κ3) is 7.76. The molecule has 0 bridgehead atoms. The second-order valence-corrected chi connectivity index (χ2v) is 4.27. The Balaban J connectivity index is 0.000000770. The van der Waals surface area contributed by atoms with Gasteiger partial charge in [-0.2, -0.15) is 0 Å². The van der Waals surface area contributed by atoms with Gasteiger partial charge in [-0.3, -0.25) is 4.98 Å². The zero-order valence-electron chi connectivity index (χ0n) is 10.9. The Labute approximate surface area is 110 Å². The molecule has 1 atom stereocenters. The lowest BCUT2D eigenvalue weighted by Gasteiger charge is -2.12. The van der Waals surface area contributed by atoms with Gasteiger partial charge in [-0.15, -0.1) is 0 Å². The average molecular weight is 253 g/mol. The van der Waals surface area contributed by atoms with Gasteiger partial charge >= 0.3 is 0 Å². The predicted molar refractivity (Wildman–Crippen MR) is 72.1 cm³/mol. The molecule has 0 spiro atoms. The molecule has 0 aliphatic carbocycles. The summed E-state index contributed by atoms with van der Waals surface area (Å²) in [6, 6.07) is 0.706. The molecule has 17 heavy (non-hydrogen) atoms. The summed E-state index contributed by atoms with van der Waals surface area (Å²) in [4.78, 5) is 3.12. The third-order valence-electron chi connectivity index (χ3n) is 2.75. The second-order valence-electron chi connectivity index (χ2n) is 4.09. The van der Waals surface area contributed by atoms with Gasteiger partial charge in [-0.05, 0) is 19.3 Å². The quantitative estimate of drug-likeness (QED) is 0.351. The number of aromatic amines is 1. The number of nitrogens with zero attached hydrogens (tertiary/aromatic N) is 2. The Morgan fingerprint density at radius 2 is 2.00 bits per heavy atom. The molecule has 0 aliphatic heterocycles. The molecule has 0 radical (unpaired) electrons. The van der Waals surface area contributed by atoms with Crippen LogP contribution in [0, 0.1) is 10.7 Å². The molecule has 1 unspecified atom stereocenters. The highest BCUT2D eigenvalue weighted by molar-refractivity contribution is 7.64. The Kier molecular flexibility index (Phi) is 10.7. The molecule has 96 valence electrons. The summed E-state index contributed by atoms with van der Waals surface area (Å²) in [5, 5.41) is 8.47. The van der Waals surface area contributed by atoms with Crippen molar-refractivity contribution in [3.63, 3.8) is 0 Å². The maximum Gasteiger partial charge on any atom is 0.241 e. The summed E-state index contributed by atoms with van der Waals surface area (Å²) in [6.45, 7) is 4.53. The molecule has 1 aromatic rings. The van der Waals surface area contributed by atoms with Gasteiger partial charge in [0.25, 0.3) is 0 Å². The van der Waals surface area contributed by atoms with E-state index in [1.54, 1.807) is 0 Å². The van der Waals surface area contributed by atoms with Crippen LogP contribution in [0.4, 0.5) is 0 Å². The third-order valence-corrected chi connectivity index (χ3v) is 2.75. The molecule has 0 fully saturated rings. The number of H-pyrrole nitrogens is 1. The Hall–Kier alpha value is -1.08. The number of hydrogen-bond donors (Lipinski definition) is 1. The van der Waals surface area contributed by atoms with Gasteiger partial charge in [-0.25, -0.2) is 9.83 Å². The predicted octanol–water partition coefficient (Wildman–Crippen LogP) is 3.24. The minimum Gasteiger partial charge on any atom is -0.696 e. The van der Waals surface area contributed by atoms with Crippen molar-refractivity contribution in [2.45, 2.75) is 58.4 Å². The van der Waals surface area contributed by atoms with Gasteiger partial charge in [0.15, 0.2) is 0 Å². The van der Waals surface area contributed by atoms with Crippen molar-refractivity contribution >= 4 is 12.6 Å². The van der Waals surface area contributed by atoms with Gasteiger partial charge in [0, 0.05) is 0 Å². The molecule has 1 N–H and O–H groups in total. The van der Waals surface area contributed by atoms with Crippen molar-refractivity contribution in [3.05, 3.63) is 18.7 Å². The largest absolute Gasteiger partial charge is 0.696 e. The van der Waals surface area contributed by atoms with Gasteiger partial charge in [0.05, 0.1) is 0 Å². The highest BCUT2D eigenvalue weighted by Crippen LogP contribution is 2.15. The van der Waals surface area contributed by atoms with Gasteiger partial charge in [-0.1, -0.05) is 38.5 Å². The first-order valence-electron chi connectivity index (χ1n) is 6.34. The molecule has 0 saturated carbocycles. The number of nitrogens with one attached hydrogen (secondary N) is 1. The summed E-state index contributed by atoms with van der Waals surface area (Å²) in [6.07, 6.45) is 14.2. The van der Waals surface area contributed by atoms with Crippen LogP contribution in [0.5, 0.6) is 0 Å². The summed E-state index contributed by atoms with van der Waals surface area (Å²) in [5.74, 6) is 0. The molecule has 0 saturated heterocycles. The molecule has 0 amide bonds. The zero-order valence-corrected chi connectivity index (χ0v) is 11.7. The van der Waals surface area contributed by atoms with E-state index < -0.39 is 0 Å². The van der Waals surface area contributed by atoms with Crippen molar-refractivity contribution in [3.8, 4) is 5.40 Å². The maximum atomic E-state index is 7.13. The van der Waals surface area contributed by atoms with Gasteiger partial charge < -0.3 is 12.6 Å². The minimum atomic E-state index is 0.706. The Bertz CT molecular complexity index is 290. The summed E-state index contributed by atoms with van der Waals surface area (Å²) >= 11 is 3.70. The van der Waals surface area contributed by atoms with Crippen LogP contribution in [0.25, 0.3) is 0 Å². The van der Waals surface area contributed by atoms with E-state index in [9.17, 15) is 0 Å². The highest BCUT2D eigenvalue weighted by Gasteiger charge is 2.13. The molecule has 1 aromatic heterocycles. The fraction of sp³-hybridized carbons (Fsp3) is 0.692. The topological polar surface area (TPSA) is 43.5 Å². The van der Waals surface area contributed by atoms with Crippen molar-refractivity contribution in [1.82, 2.24) is 4.98 Å². The SMILES string of the molecule is CCCCCC(CCC)[n+]1cc[nH]c1.N#C[S-]. The van der Waals surface area contributed by atoms with Crippen LogP contribution in [0.15, 0.2) is 18.7 Å². The molecule has 3 nitrogen and oxygen atoms in total. The molecule has 1 rings (SSSR count). The van der Waals surface area contributed by atoms with Crippen LogP contribution in [-0.4, -0.2) is 4.98 Å². The van der Waals surface area contributed by atoms with Crippen LogP contribution >= 0.6 is 0 Å². The van der Waals surface area contributed by atoms with Crippen LogP contribution in [0.2, 0.25) is 0 Å². The van der Waals surface area contributed by atoms with E-state index >= 15 is 0 Å².